The van der Waals surface area contributed by atoms with Gasteiger partial charge in [0.2, 0.25) is 0 Å². The van der Waals surface area contributed by atoms with Crippen molar-refractivity contribution in [3.05, 3.63) is 38.9 Å². The molecule has 5 nitrogen and oxygen atoms in total. The molecule has 1 amide bonds. The van der Waals surface area contributed by atoms with Gasteiger partial charge in [0, 0.05) is 11.3 Å². The lowest BCUT2D eigenvalue weighted by Gasteiger charge is -2.13. The predicted octanol–water partition coefficient (Wildman–Crippen LogP) is 3.26. The molecule has 2 unspecified atom stereocenters. The summed E-state index contributed by atoms with van der Waals surface area (Å²) >= 11 is 7.59. The average Bonchev–Trinajstić information content (AvgIpc) is 2.85. The molecule has 0 spiro atoms. The number of rotatable bonds is 4. The van der Waals surface area contributed by atoms with Crippen molar-refractivity contribution in [3.63, 3.8) is 0 Å². The van der Waals surface area contributed by atoms with E-state index in [1.807, 2.05) is 0 Å². The number of nitro benzene ring substituents is 1. The zero-order valence-electron chi connectivity index (χ0n) is 11.0. The summed E-state index contributed by atoms with van der Waals surface area (Å²) in [4.78, 5) is 22.6. The van der Waals surface area contributed by atoms with Crippen LogP contribution in [0.2, 0.25) is 5.02 Å². The topological polar surface area (TPSA) is 72.2 Å². The Kier molecular flexibility index (Phi) is 4.88. The van der Waals surface area contributed by atoms with Crippen LogP contribution in [0.1, 0.15) is 29.6 Å². The molecule has 1 aliphatic carbocycles. The van der Waals surface area contributed by atoms with Crippen molar-refractivity contribution >= 4 is 35.0 Å². The Morgan fingerprint density at radius 3 is 2.85 bits per heavy atom. The number of thioether (sulfide) groups is 1. The van der Waals surface area contributed by atoms with Crippen LogP contribution >= 0.6 is 23.4 Å². The quantitative estimate of drug-likeness (QED) is 0.684. The van der Waals surface area contributed by atoms with Crippen LogP contribution < -0.4 is 5.32 Å². The van der Waals surface area contributed by atoms with E-state index in [1.54, 1.807) is 17.8 Å². The van der Waals surface area contributed by atoms with Gasteiger partial charge in [0.25, 0.3) is 5.91 Å². The summed E-state index contributed by atoms with van der Waals surface area (Å²) in [5.74, 6) is -0.425. The first kappa shape index (κ1) is 15.1. The average molecular weight is 315 g/mol. The second-order valence-electron chi connectivity index (χ2n) is 4.73. The van der Waals surface area contributed by atoms with E-state index in [2.05, 4.69) is 11.6 Å². The number of nitrogens with one attached hydrogen (secondary N) is 1. The first-order valence-corrected chi connectivity index (χ1v) is 7.96. The molecule has 20 heavy (non-hydrogen) atoms. The van der Waals surface area contributed by atoms with Crippen molar-refractivity contribution in [2.24, 2.45) is 0 Å². The molecule has 0 aromatic heterocycles. The standard InChI is InChI=1S/C13H15ClN2O3S/c1-20-9-6-5-8(7-9)15-13(17)10-3-2-4-11(14)12(10)16(18)19/h2-4,8-9H,5-7H2,1H3,(H,15,17). The van der Waals surface area contributed by atoms with E-state index < -0.39 is 10.8 Å². The molecule has 0 heterocycles. The van der Waals surface area contributed by atoms with E-state index in [4.69, 9.17) is 11.6 Å². The van der Waals surface area contributed by atoms with Gasteiger partial charge in [-0.3, -0.25) is 14.9 Å². The summed E-state index contributed by atoms with van der Waals surface area (Å²) in [6.07, 6.45) is 4.92. The van der Waals surface area contributed by atoms with Crippen molar-refractivity contribution in [1.82, 2.24) is 5.32 Å². The Hall–Kier alpha value is -1.27. The molecule has 0 aliphatic heterocycles. The highest BCUT2D eigenvalue weighted by atomic mass is 35.5. The first-order chi connectivity index (χ1) is 9.52. The van der Waals surface area contributed by atoms with E-state index in [-0.39, 0.29) is 22.3 Å². The van der Waals surface area contributed by atoms with Gasteiger partial charge in [0.05, 0.1) is 4.92 Å². The number of hydrogen-bond donors (Lipinski definition) is 1. The van der Waals surface area contributed by atoms with E-state index in [1.165, 1.54) is 12.1 Å². The normalized spacial score (nSPS) is 21.7. The highest BCUT2D eigenvalue weighted by Gasteiger charge is 2.28. The van der Waals surface area contributed by atoms with Crippen LogP contribution in [0.5, 0.6) is 0 Å². The molecule has 108 valence electrons. The number of carbonyl (C=O) groups is 1. The van der Waals surface area contributed by atoms with Crippen LogP contribution in [0.15, 0.2) is 18.2 Å². The fraction of sp³-hybridized carbons (Fsp3) is 0.462. The fourth-order valence-electron chi connectivity index (χ4n) is 2.43. The highest BCUT2D eigenvalue weighted by Crippen LogP contribution is 2.30. The van der Waals surface area contributed by atoms with Crippen molar-refractivity contribution in [2.75, 3.05) is 6.26 Å². The van der Waals surface area contributed by atoms with Crippen LogP contribution in [0.3, 0.4) is 0 Å². The van der Waals surface area contributed by atoms with Gasteiger partial charge in [-0.15, -0.1) is 0 Å². The zero-order chi connectivity index (χ0) is 14.7. The lowest BCUT2D eigenvalue weighted by atomic mass is 10.1. The number of nitrogens with zero attached hydrogens (tertiary/aromatic N) is 1. The maximum Gasteiger partial charge on any atom is 0.300 e. The molecule has 1 aromatic carbocycles. The van der Waals surface area contributed by atoms with Crippen LogP contribution in [-0.2, 0) is 0 Å². The molecule has 1 N–H and O–H groups in total. The van der Waals surface area contributed by atoms with Crippen LogP contribution in [0.4, 0.5) is 5.69 Å². The molecule has 7 heteroatoms. The minimum atomic E-state index is -0.614. The summed E-state index contributed by atoms with van der Waals surface area (Å²) < 4.78 is 0. The van der Waals surface area contributed by atoms with Crippen LogP contribution in [0.25, 0.3) is 0 Å². The number of amides is 1. The minimum Gasteiger partial charge on any atom is -0.349 e. The van der Waals surface area contributed by atoms with Crippen molar-refractivity contribution < 1.29 is 9.72 Å². The zero-order valence-corrected chi connectivity index (χ0v) is 12.5. The third kappa shape index (κ3) is 3.24. The molecule has 1 fully saturated rings. The lowest BCUT2D eigenvalue weighted by Crippen LogP contribution is -2.33. The fourth-order valence-corrected chi connectivity index (χ4v) is 3.47. The Morgan fingerprint density at radius 2 is 2.25 bits per heavy atom. The molecule has 0 radical (unpaired) electrons. The van der Waals surface area contributed by atoms with Gasteiger partial charge in [-0.05, 0) is 37.7 Å². The van der Waals surface area contributed by atoms with E-state index in [9.17, 15) is 14.9 Å². The lowest BCUT2D eigenvalue weighted by molar-refractivity contribution is -0.385. The Balaban J connectivity index is 2.14. The number of carbonyl (C=O) groups excluding carboxylic acids is 1. The van der Waals surface area contributed by atoms with Crippen molar-refractivity contribution in [2.45, 2.75) is 30.6 Å². The van der Waals surface area contributed by atoms with Gasteiger partial charge < -0.3 is 5.32 Å². The molecule has 0 saturated heterocycles. The minimum absolute atomic E-state index is 0.0175. The summed E-state index contributed by atoms with van der Waals surface area (Å²) in [7, 11) is 0. The second kappa shape index (κ2) is 6.45. The number of para-hydroxylation sites is 1. The van der Waals surface area contributed by atoms with Gasteiger partial charge in [-0.25, -0.2) is 0 Å². The van der Waals surface area contributed by atoms with E-state index >= 15 is 0 Å². The number of benzene rings is 1. The molecule has 2 atom stereocenters. The first-order valence-electron chi connectivity index (χ1n) is 6.29. The molecule has 1 aliphatic rings. The Bertz CT molecular complexity index is 538. The third-order valence-electron chi connectivity index (χ3n) is 3.47. The molecular formula is C13H15ClN2O3S. The summed E-state index contributed by atoms with van der Waals surface area (Å²) in [6.45, 7) is 0. The smallest absolute Gasteiger partial charge is 0.300 e. The van der Waals surface area contributed by atoms with Crippen molar-refractivity contribution in [3.8, 4) is 0 Å². The predicted molar refractivity (Wildman–Crippen MR) is 80.5 cm³/mol. The maximum absolute atomic E-state index is 12.2. The van der Waals surface area contributed by atoms with E-state index in [0.29, 0.717) is 5.25 Å². The molecular weight excluding hydrogens is 300 g/mol. The van der Waals surface area contributed by atoms with E-state index in [0.717, 1.165) is 19.3 Å². The summed E-state index contributed by atoms with van der Waals surface area (Å²) in [6, 6.07) is 4.47. The second-order valence-corrected chi connectivity index (χ2v) is 6.28. The Morgan fingerprint density at radius 1 is 1.50 bits per heavy atom. The SMILES string of the molecule is CSC1CCC(NC(=O)c2cccc(Cl)c2[N+](=O)[O-])C1. The molecule has 2 rings (SSSR count). The highest BCUT2D eigenvalue weighted by molar-refractivity contribution is 7.99. The third-order valence-corrected chi connectivity index (χ3v) is 4.87. The van der Waals surface area contributed by atoms with Crippen LogP contribution in [0, 0.1) is 10.1 Å². The number of nitro groups is 1. The molecule has 1 saturated carbocycles. The van der Waals surface area contributed by atoms with Crippen LogP contribution in [-0.4, -0.2) is 28.4 Å². The number of halogens is 1. The largest absolute Gasteiger partial charge is 0.349 e. The summed E-state index contributed by atoms with van der Waals surface area (Å²) in [5, 5.41) is 14.4. The monoisotopic (exact) mass is 314 g/mol. The molecule has 0 bridgehead atoms. The molecule has 1 aromatic rings. The van der Waals surface area contributed by atoms with Gasteiger partial charge in [0.1, 0.15) is 10.6 Å². The van der Waals surface area contributed by atoms with Gasteiger partial charge >= 0.3 is 5.69 Å². The van der Waals surface area contributed by atoms with Gasteiger partial charge in [0.15, 0.2) is 0 Å². The Labute approximate surface area is 126 Å². The van der Waals surface area contributed by atoms with Crippen molar-refractivity contribution in [1.29, 1.82) is 0 Å². The number of hydrogen-bond acceptors (Lipinski definition) is 4. The van der Waals surface area contributed by atoms with Gasteiger partial charge in [-0.1, -0.05) is 17.7 Å². The summed E-state index contributed by atoms with van der Waals surface area (Å²) in [5.41, 5.74) is -0.304. The maximum atomic E-state index is 12.2. The van der Waals surface area contributed by atoms with Gasteiger partial charge in [-0.2, -0.15) is 11.8 Å².